The Labute approximate surface area is 619 Å². The van der Waals surface area contributed by atoms with Crippen molar-refractivity contribution in [3.05, 3.63) is 109 Å². The molecule has 2 unspecified atom stereocenters. The van der Waals surface area contributed by atoms with Crippen LogP contribution in [0.3, 0.4) is 0 Å². The van der Waals surface area contributed by atoms with Crippen molar-refractivity contribution in [1.82, 2.24) is 0 Å². The third kappa shape index (κ3) is 75.6. The molecular formula is C83H144O17P2. The summed E-state index contributed by atoms with van der Waals surface area (Å²) in [6.07, 6.45) is 82.8. The molecule has 0 radical (unpaired) electrons. The monoisotopic (exact) mass is 1470 g/mol. The number of aldehydes is 1. The Morgan fingerprint density at radius 1 is 0.314 bits per heavy atom. The molecule has 0 aromatic heterocycles. The largest absolute Gasteiger partial charge is 0.472 e. The van der Waals surface area contributed by atoms with Gasteiger partial charge in [-0.3, -0.25) is 32.5 Å². The lowest BCUT2D eigenvalue weighted by Gasteiger charge is -2.21. The highest BCUT2D eigenvalue weighted by molar-refractivity contribution is 7.47. The van der Waals surface area contributed by atoms with Gasteiger partial charge in [-0.1, -0.05) is 252 Å². The highest BCUT2D eigenvalue weighted by Crippen LogP contribution is 2.45. The van der Waals surface area contributed by atoms with Gasteiger partial charge in [0, 0.05) is 32.3 Å². The normalized spacial score (nSPS) is 14.5. The number of carbonyl (C=O) groups is 4. The minimum absolute atomic E-state index is 0.0776. The Bertz CT molecular complexity index is 2330. The molecule has 0 rings (SSSR count). The number of unbranched alkanes of at least 4 members (excludes halogenated alkanes) is 32. The Kier molecular flexibility index (Phi) is 73.4. The molecule has 102 heavy (non-hydrogen) atoms. The lowest BCUT2D eigenvalue weighted by Crippen LogP contribution is -2.30. The first kappa shape index (κ1) is 97.9. The van der Waals surface area contributed by atoms with Crippen LogP contribution in [-0.4, -0.2) is 104 Å². The molecule has 0 fully saturated rings. The van der Waals surface area contributed by atoms with Crippen molar-refractivity contribution in [2.45, 2.75) is 347 Å². The van der Waals surface area contributed by atoms with Gasteiger partial charge < -0.3 is 38.6 Å². The van der Waals surface area contributed by atoms with E-state index in [-0.39, 0.29) is 25.9 Å². The quantitative estimate of drug-likeness (QED) is 0.0128. The van der Waals surface area contributed by atoms with E-state index in [1.807, 2.05) is 12.2 Å². The number of hydrogen-bond donors (Lipinski definition) is 3. The van der Waals surface area contributed by atoms with Crippen LogP contribution < -0.4 is 0 Å². The number of carbonyl (C=O) groups excluding carboxylic acids is 4. The molecule has 588 valence electrons. The summed E-state index contributed by atoms with van der Waals surface area (Å²) in [5.74, 6) is -1.55. The highest BCUT2D eigenvalue weighted by atomic mass is 31.2. The van der Waals surface area contributed by atoms with Gasteiger partial charge in [0.15, 0.2) is 6.10 Å². The van der Waals surface area contributed by atoms with E-state index in [2.05, 4.69) is 118 Å². The number of aliphatic hydroxyl groups excluding tert-OH is 1. The molecule has 3 N–H and O–H groups in total. The van der Waals surface area contributed by atoms with Gasteiger partial charge >= 0.3 is 33.6 Å². The van der Waals surface area contributed by atoms with Crippen molar-refractivity contribution in [2.75, 3.05) is 46.2 Å². The number of rotatable bonds is 77. The summed E-state index contributed by atoms with van der Waals surface area (Å²) in [5, 5.41) is 10.6. The Morgan fingerprint density at radius 2 is 0.588 bits per heavy atom. The molecule has 5 atom stereocenters. The molecule has 17 nitrogen and oxygen atoms in total. The van der Waals surface area contributed by atoms with Gasteiger partial charge in [-0.15, -0.1) is 0 Å². The fourth-order valence-corrected chi connectivity index (χ4v) is 12.1. The summed E-state index contributed by atoms with van der Waals surface area (Å²) in [4.78, 5) is 70.4. The summed E-state index contributed by atoms with van der Waals surface area (Å²) < 4.78 is 69.3. The van der Waals surface area contributed by atoms with Crippen LogP contribution >= 0.6 is 15.6 Å². The van der Waals surface area contributed by atoms with Crippen molar-refractivity contribution in [2.24, 2.45) is 0 Å². The van der Waals surface area contributed by atoms with Gasteiger partial charge in [0.1, 0.15) is 31.7 Å². The summed E-state index contributed by atoms with van der Waals surface area (Å²) in [5.41, 5.74) is 0. The first-order valence-electron chi connectivity index (χ1n) is 40.1. The van der Waals surface area contributed by atoms with Crippen LogP contribution in [0.5, 0.6) is 0 Å². The van der Waals surface area contributed by atoms with Crippen molar-refractivity contribution < 1.29 is 80.2 Å². The summed E-state index contributed by atoms with van der Waals surface area (Å²) in [7, 11) is -9.83. The zero-order valence-electron chi connectivity index (χ0n) is 64.0. The second-order valence-corrected chi connectivity index (χ2v) is 29.5. The van der Waals surface area contributed by atoms with E-state index in [0.29, 0.717) is 38.7 Å². The number of phosphoric acid groups is 2. The molecule has 0 aliphatic carbocycles. The third-order valence-corrected chi connectivity index (χ3v) is 18.6. The summed E-state index contributed by atoms with van der Waals surface area (Å²) in [6.45, 7) is 3.37. The van der Waals surface area contributed by atoms with Crippen LogP contribution in [0.2, 0.25) is 0 Å². The highest BCUT2D eigenvalue weighted by Gasteiger charge is 2.30. The molecular weight excluding hydrogens is 1330 g/mol. The van der Waals surface area contributed by atoms with Gasteiger partial charge in [0.05, 0.1) is 26.4 Å². The zero-order chi connectivity index (χ0) is 74.4. The molecule has 0 heterocycles. The minimum atomic E-state index is -4.96. The van der Waals surface area contributed by atoms with Gasteiger partial charge in [-0.2, -0.15) is 0 Å². The maximum Gasteiger partial charge on any atom is 0.472 e. The van der Waals surface area contributed by atoms with Gasteiger partial charge in [0.25, 0.3) is 0 Å². The molecule has 19 heteroatoms. The Hall–Kier alpha value is -4.12. The number of aliphatic hydroxyl groups is 1. The van der Waals surface area contributed by atoms with Crippen LogP contribution in [0.1, 0.15) is 329 Å². The number of phosphoric ester groups is 2. The molecule has 0 aliphatic heterocycles. The molecule has 0 aromatic rings. The van der Waals surface area contributed by atoms with Crippen molar-refractivity contribution >= 4 is 39.8 Å². The van der Waals surface area contributed by atoms with E-state index in [4.69, 9.17) is 37.0 Å². The van der Waals surface area contributed by atoms with E-state index in [0.717, 1.165) is 205 Å². The van der Waals surface area contributed by atoms with E-state index < -0.39 is 84.9 Å². The molecule has 0 bridgehead atoms. The smallest absolute Gasteiger partial charge is 0.463 e. The first-order chi connectivity index (χ1) is 49.8. The van der Waals surface area contributed by atoms with Gasteiger partial charge in [-0.05, 0) is 161 Å². The molecule has 0 saturated heterocycles. The average Bonchev–Trinajstić information content (AvgIpc) is 0.960. The molecule has 0 aliphatic rings. The van der Waals surface area contributed by atoms with Crippen molar-refractivity contribution in [1.29, 1.82) is 0 Å². The lowest BCUT2D eigenvalue weighted by atomic mass is 10.1. The van der Waals surface area contributed by atoms with Crippen LogP contribution in [-0.2, 0) is 65.4 Å². The lowest BCUT2D eigenvalue weighted by molar-refractivity contribution is -0.161. The molecule has 0 amide bonds. The predicted octanol–water partition coefficient (Wildman–Crippen LogP) is 23.0. The van der Waals surface area contributed by atoms with Gasteiger partial charge in [0.2, 0.25) is 0 Å². The van der Waals surface area contributed by atoms with E-state index >= 15 is 0 Å². The summed E-state index contributed by atoms with van der Waals surface area (Å²) in [6, 6.07) is 0. The topological polar surface area (TPSA) is 237 Å². The zero-order valence-corrected chi connectivity index (χ0v) is 65.8. The molecule has 0 saturated carbocycles. The number of hydrogen-bond acceptors (Lipinski definition) is 15. The van der Waals surface area contributed by atoms with Crippen LogP contribution in [0.15, 0.2) is 109 Å². The second-order valence-electron chi connectivity index (χ2n) is 26.6. The van der Waals surface area contributed by atoms with E-state index in [1.165, 1.54) is 57.8 Å². The third-order valence-electron chi connectivity index (χ3n) is 16.7. The number of esters is 3. The molecule has 0 spiro atoms. The Morgan fingerprint density at radius 3 is 0.971 bits per heavy atom. The summed E-state index contributed by atoms with van der Waals surface area (Å²) >= 11 is 0. The SMILES string of the molecule is CCCCC/C=C\C/C=C\C/C=C\C/C=C\CCCC(=O)OC[C@H](COP(=O)(O)OC[C@@H](O)COP(=O)(O)OC[C@@H](COC(=O)CCCCCCC/C=C\C/C=C\CCCCC)OCCCCCCCCC/C=C\CCCCCCC=O)OC(=O)CCCCCCC/C=C\C/C=C\CCCCC. The van der Waals surface area contributed by atoms with Crippen LogP contribution in [0.4, 0.5) is 0 Å². The number of allylic oxidation sites excluding steroid dienone is 18. The Balaban J connectivity index is 5.35. The maximum atomic E-state index is 13.1. The maximum absolute atomic E-state index is 13.1. The average molecular weight is 1480 g/mol. The minimum Gasteiger partial charge on any atom is -0.463 e. The second kappa shape index (κ2) is 76.5. The van der Waals surface area contributed by atoms with E-state index in [1.54, 1.807) is 0 Å². The predicted molar refractivity (Wildman–Crippen MR) is 418 cm³/mol. The van der Waals surface area contributed by atoms with Crippen molar-refractivity contribution in [3.8, 4) is 0 Å². The van der Waals surface area contributed by atoms with Crippen LogP contribution in [0.25, 0.3) is 0 Å². The fraction of sp³-hybridized carbons (Fsp3) is 0.735. The fourth-order valence-electron chi connectivity index (χ4n) is 10.5. The van der Waals surface area contributed by atoms with Crippen molar-refractivity contribution in [3.63, 3.8) is 0 Å². The van der Waals surface area contributed by atoms with Crippen LogP contribution in [0, 0.1) is 0 Å². The van der Waals surface area contributed by atoms with E-state index in [9.17, 15) is 43.2 Å². The number of ether oxygens (including phenoxy) is 4. The van der Waals surface area contributed by atoms with Gasteiger partial charge in [-0.25, -0.2) is 9.13 Å². The standard InChI is InChI=1S/C83H144O17P2/c1-4-7-10-13-16-19-22-25-28-29-34-38-43-48-53-58-63-68-82(87)95-75-80(100-83(88)69-64-59-54-49-44-39-33-27-24-21-18-15-12-9-6-3)77-99-102(91,92)97-73-78(85)72-96-101(89,90)98-76-79(93-71-66-61-56-51-46-41-36-31-30-35-40-45-50-55-60-65-70-84)74-94-81(86)67-62-57-52-47-42-37-32-26-23-20-17-14-11-8-5-2/h16-21,25-28,30,32-35,38,48,53,70,78-80,85H,4-15,22-24,29,31,36-37,39-47,49-52,54-69,71-77H2,1-3H3,(H,89,90)(H,91,92)/b19-16-,20-17-,21-18-,28-25-,32-26-,33-27-,35-30-,38-34-,53-48-/t78-,79+,80+/m0/s1. The first-order valence-corrected chi connectivity index (χ1v) is 43.1. The molecule has 0 aromatic carbocycles.